The molecule has 0 amide bonds. The zero-order valence-electron chi connectivity index (χ0n) is 14.1. The second-order valence-corrected chi connectivity index (χ2v) is 9.75. The molecule has 0 heterocycles. The molecule has 2 bridgehead atoms. The first-order chi connectivity index (χ1) is 9.80. The molecule has 4 saturated carbocycles. The maximum absolute atomic E-state index is 11.1. The predicted molar refractivity (Wildman–Crippen MR) is 86.9 cm³/mol. The molecule has 21 heavy (non-hydrogen) atoms. The van der Waals surface area contributed by atoms with Crippen LogP contribution in [-0.4, -0.2) is 11.2 Å². The predicted octanol–water partition coefficient (Wildman–Crippen LogP) is 4.95. The molecule has 1 nitrogen and oxygen atoms in total. The molecule has 4 fully saturated rings. The van der Waals surface area contributed by atoms with Crippen LogP contribution in [0.4, 0.5) is 0 Å². The van der Waals surface area contributed by atoms with E-state index in [0.717, 1.165) is 18.8 Å². The monoisotopic (exact) mass is 288 g/mol. The van der Waals surface area contributed by atoms with Crippen molar-refractivity contribution in [3.8, 4) is 0 Å². The van der Waals surface area contributed by atoms with E-state index in [1.165, 1.54) is 44.1 Å². The average molecular weight is 288 g/mol. The third-order valence-corrected chi connectivity index (χ3v) is 8.45. The van der Waals surface area contributed by atoms with E-state index in [2.05, 4.69) is 27.4 Å². The summed E-state index contributed by atoms with van der Waals surface area (Å²) in [4.78, 5) is 0. The maximum atomic E-state index is 11.1. The number of fused-ring (bicyclic) bond motifs is 3. The van der Waals surface area contributed by atoms with Gasteiger partial charge in [0.25, 0.3) is 0 Å². The van der Waals surface area contributed by atoms with Crippen molar-refractivity contribution in [1.82, 2.24) is 0 Å². The Kier molecular flexibility index (Phi) is 2.83. The van der Waals surface area contributed by atoms with Crippen LogP contribution in [-0.2, 0) is 0 Å². The van der Waals surface area contributed by atoms with Gasteiger partial charge in [-0.05, 0) is 73.5 Å². The number of aliphatic hydroxyl groups excluding tert-OH is 1. The van der Waals surface area contributed by atoms with E-state index < -0.39 is 0 Å². The summed E-state index contributed by atoms with van der Waals surface area (Å²) in [5.41, 5.74) is 2.51. The second kappa shape index (κ2) is 4.16. The molecule has 6 atom stereocenters. The zero-order chi connectivity index (χ0) is 15.0. The minimum Gasteiger partial charge on any atom is -0.393 e. The van der Waals surface area contributed by atoms with Gasteiger partial charge in [-0.15, -0.1) is 0 Å². The summed E-state index contributed by atoms with van der Waals surface area (Å²) in [5, 5.41) is 11.1. The Hall–Kier alpha value is -0.300. The van der Waals surface area contributed by atoms with Gasteiger partial charge in [0, 0.05) is 5.41 Å². The highest BCUT2D eigenvalue weighted by Crippen LogP contribution is 2.71. The molecular formula is C20H32O. The van der Waals surface area contributed by atoms with E-state index >= 15 is 0 Å². The van der Waals surface area contributed by atoms with Gasteiger partial charge in [-0.3, -0.25) is 0 Å². The molecule has 1 spiro atoms. The van der Waals surface area contributed by atoms with Gasteiger partial charge in [-0.2, -0.15) is 0 Å². The first kappa shape index (κ1) is 14.3. The van der Waals surface area contributed by atoms with Crippen LogP contribution >= 0.6 is 0 Å². The summed E-state index contributed by atoms with van der Waals surface area (Å²) >= 11 is 0. The largest absolute Gasteiger partial charge is 0.393 e. The van der Waals surface area contributed by atoms with Crippen LogP contribution in [0.1, 0.15) is 72.1 Å². The molecule has 0 radical (unpaired) electrons. The Morgan fingerprint density at radius 3 is 2.62 bits per heavy atom. The Labute approximate surface area is 130 Å². The summed E-state index contributed by atoms with van der Waals surface area (Å²) in [5.74, 6) is 2.15. The Morgan fingerprint density at radius 2 is 1.86 bits per heavy atom. The Balaban J connectivity index is 1.79. The lowest BCUT2D eigenvalue weighted by atomic mass is 9.40. The number of hydrogen-bond acceptors (Lipinski definition) is 1. The molecule has 0 aromatic carbocycles. The molecule has 1 N–H and O–H groups in total. The number of aliphatic hydroxyl groups is 1. The van der Waals surface area contributed by atoms with E-state index in [9.17, 15) is 5.11 Å². The lowest BCUT2D eigenvalue weighted by Gasteiger charge is -2.65. The minimum atomic E-state index is -0.0833. The van der Waals surface area contributed by atoms with Crippen molar-refractivity contribution in [2.24, 2.45) is 34.0 Å². The van der Waals surface area contributed by atoms with E-state index in [0.29, 0.717) is 22.7 Å². The van der Waals surface area contributed by atoms with Crippen LogP contribution in [0, 0.1) is 34.0 Å². The fourth-order valence-electron chi connectivity index (χ4n) is 7.57. The molecule has 4 rings (SSSR count). The number of allylic oxidation sites excluding steroid dienone is 1. The van der Waals surface area contributed by atoms with E-state index in [1.54, 1.807) is 0 Å². The summed E-state index contributed by atoms with van der Waals surface area (Å²) in [6.07, 6.45) is 10.1. The highest BCUT2D eigenvalue weighted by atomic mass is 16.3. The topological polar surface area (TPSA) is 20.2 Å². The van der Waals surface area contributed by atoms with Crippen LogP contribution in [0.25, 0.3) is 0 Å². The quantitative estimate of drug-likeness (QED) is 0.626. The van der Waals surface area contributed by atoms with Crippen LogP contribution in [0.15, 0.2) is 12.2 Å². The third kappa shape index (κ3) is 1.68. The van der Waals surface area contributed by atoms with Crippen LogP contribution in [0.5, 0.6) is 0 Å². The minimum absolute atomic E-state index is 0.0833. The number of rotatable bonds is 0. The summed E-state index contributed by atoms with van der Waals surface area (Å²) in [7, 11) is 0. The first-order valence-electron chi connectivity index (χ1n) is 9.15. The van der Waals surface area contributed by atoms with Crippen molar-refractivity contribution < 1.29 is 5.11 Å². The Bertz CT molecular complexity index is 478. The van der Waals surface area contributed by atoms with Gasteiger partial charge in [-0.1, -0.05) is 39.3 Å². The molecule has 4 aliphatic rings. The second-order valence-electron chi connectivity index (χ2n) is 9.75. The molecule has 118 valence electrons. The van der Waals surface area contributed by atoms with Crippen molar-refractivity contribution in [2.45, 2.75) is 78.2 Å². The van der Waals surface area contributed by atoms with Gasteiger partial charge in [0.15, 0.2) is 0 Å². The lowest BCUT2D eigenvalue weighted by Crippen LogP contribution is -2.61. The molecule has 4 aliphatic carbocycles. The fraction of sp³-hybridized carbons (Fsp3) is 0.900. The van der Waals surface area contributed by atoms with Gasteiger partial charge in [0.1, 0.15) is 0 Å². The van der Waals surface area contributed by atoms with Crippen molar-refractivity contribution in [2.75, 3.05) is 0 Å². The molecule has 0 saturated heterocycles. The van der Waals surface area contributed by atoms with Crippen molar-refractivity contribution in [3.05, 3.63) is 12.2 Å². The first-order valence-corrected chi connectivity index (χ1v) is 9.15. The normalized spacial score (nSPS) is 55.0. The van der Waals surface area contributed by atoms with Gasteiger partial charge in [0.05, 0.1) is 6.10 Å². The van der Waals surface area contributed by atoms with Crippen molar-refractivity contribution >= 4 is 0 Å². The van der Waals surface area contributed by atoms with Crippen LogP contribution < -0.4 is 0 Å². The van der Waals surface area contributed by atoms with Gasteiger partial charge < -0.3 is 5.11 Å². The van der Waals surface area contributed by atoms with Gasteiger partial charge in [-0.25, -0.2) is 0 Å². The highest BCUT2D eigenvalue weighted by Gasteiger charge is 2.66. The molecule has 1 heteroatoms. The zero-order valence-corrected chi connectivity index (χ0v) is 14.1. The van der Waals surface area contributed by atoms with E-state index in [-0.39, 0.29) is 11.5 Å². The third-order valence-electron chi connectivity index (χ3n) is 8.45. The van der Waals surface area contributed by atoms with Crippen LogP contribution in [0.2, 0.25) is 0 Å². The molecule has 0 unspecified atom stereocenters. The van der Waals surface area contributed by atoms with Crippen molar-refractivity contribution in [3.63, 3.8) is 0 Å². The smallest absolute Gasteiger partial charge is 0.0605 e. The maximum Gasteiger partial charge on any atom is 0.0605 e. The molecular weight excluding hydrogens is 256 g/mol. The summed E-state index contributed by atoms with van der Waals surface area (Å²) in [6.45, 7) is 11.9. The SMILES string of the molecule is C=C1C[C@]23C[C@H]1CC[C@H]2[C@]1(C)CCCC(C)(C)[C@@H]1C[C@@H]3O. The fourth-order valence-corrected chi connectivity index (χ4v) is 7.57. The van der Waals surface area contributed by atoms with E-state index in [1.807, 2.05) is 0 Å². The molecule has 0 aromatic heterocycles. The highest BCUT2D eigenvalue weighted by molar-refractivity contribution is 5.24. The summed E-state index contributed by atoms with van der Waals surface area (Å²) < 4.78 is 0. The van der Waals surface area contributed by atoms with Gasteiger partial charge in [0.2, 0.25) is 0 Å². The van der Waals surface area contributed by atoms with Gasteiger partial charge >= 0.3 is 0 Å². The standard InChI is InChI=1S/C20H32O/c1-13-11-20-12-14(13)6-7-15(20)19(4)9-5-8-18(2,3)16(19)10-17(20)21/h14-17,21H,1,5-12H2,2-4H3/t14-,15+,16+,17+,19+,20+/m1/s1. The number of hydrogen-bond donors (Lipinski definition) is 1. The molecule has 0 aliphatic heterocycles. The summed E-state index contributed by atoms with van der Waals surface area (Å²) in [6, 6.07) is 0. The van der Waals surface area contributed by atoms with E-state index in [4.69, 9.17) is 0 Å². The van der Waals surface area contributed by atoms with Crippen LogP contribution in [0.3, 0.4) is 0 Å². The average Bonchev–Trinajstić information content (AvgIpc) is 2.65. The molecule has 0 aromatic rings. The Morgan fingerprint density at radius 1 is 1.10 bits per heavy atom. The lowest BCUT2D eigenvalue weighted by molar-refractivity contribution is -0.196. The van der Waals surface area contributed by atoms with Crippen molar-refractivity contribution in [1.29, 1.82) is 0 Å².